The van der Waals surface area contributed by atoms with Crippen LogP contribution < -0.4 is 5.73 Å². The standard InChI is InChI=1S/C10H11F4N/c1-10(15,9(13)14)5-6-2-3-7(11)4-8(6)12/h2-4,9H,5,15H2,1H3. The van der Waals surface area contributed by atoms with Gasteiger partial charge in [-0.25, -0.2) is 17.6 Å². The fourth-order valence-electron chi connectivity index (χ4n) is 1.15. The Morgan fingerprint density at radius 1 is 1.33 bits per heavy atom. The molecule has 1 rings (SSSR count). The molecule has 0 amide bonds. The molecule has 0 aromatic heterocycles. The summed E-state index contributed by atoms with van der Waals surface area (Å²) in [4.78, 5) is 0. The molecule has 0 fully saturated rings. The Kier molecular flexibility index (Phi) is 3.34. The first-order chi connectivity index (χ1) is 6.83. The molecular weight excluding hydrogens is 210 g/mol. The van der Waals surface area contributed by atoms with E-state index >= 15 is 0 Å². The fraction of sp³-hybridized carbons (Fsp3) is 0.400. The molecule has 0 spiro atoms. The first-order valence-corrected chi connectivity index (χ1v) is 4.34. The van der Waals surface area contributed by atoms with Gasteiger partial charge in [0, 0.05) is 6.07 Å². The highest BCUT2D eigenvalue weighted by Gasteiger charge is 2.31. The Morgan fingerprint density at radius 2 is 1.93 bits per heavy atom. The van der Waals surface area contributed by atoms with Crippen LogP contribution in [0.1, 0.15) is 12.5 Å². The lowest BCUT2D eigenvalue weighted by Crippen LogP contribution is -2.46. The maximum Gasteiger partial charge on any atom is 0.256 e. The van der Waals surface area contributed by atoms with Crippen LogP contribution in [0.3, 0.4) is 0 Å². The van der Waals surface area contributed by atoms with Crippen molar-refractivity contribution in [3.63, 3.8) is 0 Å². The molecule has 5 heteroatoms. The van der Waals surface area contributed by atoms with E-state index in [2.05, 4.69) is 0 Å². The highest BCUT2D eigenvalue weighted by atomic mass is 19.3. The van der Waals surface area contributed by atoms with E-state index in [4.69, 9.17) is 5.73 Å². The highest BCUT2D eigenvalue weighted by Crippen LogP contribution is 2.20. The third-order valence-corrected chi connectivity index (χ3v) is 2.08. The van der Waals surface area contributed by atoms with Crippen molar-refractivity contribution in [2.45, 2.75) is 25.3 Å². The summed E-state index contributed by atoms with van der Waals surface area (Å²) in [5.74, 6) is -1.60. The third-order valence-electron chi connectivity index (χ3n) is 2.08. The molecule has 1 atom stereocenters. The number of alkyl halides is 2. The Labute approximate surface area is 84.9 Å². The van der Waals surface area contributed by atoms with E-state index in [1.807, 2.05) is 0 Å². The maximum atomic E-state index is 13.1. The molecule has 0 aliphatic carbocycles. The molecule has 0 saturated heterocycles. The zero-order valence-corrected chi connectivity index (χ0v) is 8.11. The zero-order valence-electron chi connectivity index (χ0n) is 8.11. The van der Waals surface area contributed by atoms with Gasteiger partial charge < -0.3 is 5.73 Å². The lowest BCUT2D eigenvalue weighted by molar-refractivity contribution is 0.0635. The van der Waals surface area contributed by atoms with E-state index < -0.39 is 23.6 Å². The van der Waals surface area contributed by atoms with Gasteiger partial charge in [0.2, 0.25) is 0 Å². The first kappa shape index (κ1) is 12.0. The number of benzene rings is 1. The number of nitrogens with two attached hydrogens (primary N) is 1. The van der Waals surface area contributed by atoms with Crippen LogP contribution in [0.2, 0.25) is 0 Å². The molecule has 0 bridgehead atoms. The molecular formula is C10H11F4N. The van der Waals surface area contributed by atoms with Crippen LogP contribution in [0.15, 0.2) is 18.2 Å². The molecule has 0 aliphatic heterocycles. The summed E-state index contributed by atoms with van der Waals surface area (Å²) in [7, 11) is 0. The largest absolute Gasteiger partial charge is 0.320 e. The van der Waals surface area contributed by atoms with Gasteiger partial charge in [0.15, 0.2) is 0 Å². The summed E-state index contributed by atoms with van der Waals surface area (Å²) >= 11 is 0. The molecule has 0 saturated carbocycles. The SMILES string of the molecule is CC(N)(Cc1ccc(F)cc1F)C(F)F. The Balaban J connectivity index is 2.90. The molecule has 1 nitrogen and oxygen atoms in total. The second-order valence-corrected chi connectivity index (χ2v) is 3.72. The summed E-state index contributed by atoms with van der Waals surface area (Å²) in [5, 5.41) is 0. The average Bonchev–Trinajstić information content (AvgIpc) is 2.09. The number of rotatable bonds is 3. The molecule has 1 aromatic carbocycles. The van der Waals surface area contributed by atoms with Crippen molar-refractivity contribution in [1.82, 2.24) is 0 Å². The highest BCUT2D eigenvalue weighted by molar-refractivity contribution is 5.21. The average molecular weight is 221 g/mol. The van der Waals surface area contributed by atoms with Crippen molar-refractivity contribution in [3.05, 3.63) is 35.4 Å². The minimum Gasteiger partial charge on any atom is -0.320 e. The predicted molar refractivity (Wildman–Crippen MR) is 48.7 cm³/mol. The summed E-state index contributed by atoms with van der Waals surface area (Å²) < 4.78 is 50.4. The van der Waals surface area contributed by atoms with Crippen LogP contribution >= 0.6 is 0 Å². The Bertz CT molecular complexity index is 349. The van der Waals surface area contributed by atoms with Gasteiger partial charge in [-0.15, -0.1) is 0 Å². The van der Waals surface area contributed by atoms with Crippen molar-refractivity contribution in [2.24, 2.45) is 5.73 Å². The number of hydrogen-bond acceptors (Lipinski definition) is 1. The molecule has 0 radical (unpaired) electrons. The van der Waals surface area contributed by atoms with Gasteiger partial charge in [0.05, 0.1) is 5.54 Å². The van der Waals surface area contributed by atoms with E-state index in [0.717, 1.165) is 19.1 Å². The van der Waals surface area contributed by atoms with Gasteiger partial charge in [0.25, 0.3) is 6.43 Å². The van der Waals surface area contributed by atoms with Crippen LogP contribution in [0, 0.1) is 11.6 Å². The molecule has 0 aliphatic rings. The van der Waals surface area contributed by atoms with Crippen molar-refractivity contribution >= 4 is 0 Å². The predicted octanol–water partition coefficient (Wildman–Crippen LogP) is 2.49. The lowest BCUT2D eigenvalue weighted by atomic mass is 9.94. The van der Waals surface area contributed by atoms with E-state index in [1.54, 1.807) is 0 Å². The second kappa shape index (κ2) is 4.18. The van der Waals surface area contributed by atoms with Crippen molar-refractivity contribution in [3.8, 4) is 0 Å². The first-order valence-electron chi connectivity index (χ1n) is 4.34. The van der Waals surface area contributed by atoms with Crippen molar-refractivity contribution < 1.29 is 17.6 Å². The third kappa shape index (κ3) is 2.92. The van der Waals surface area contributed by atoms with Crippen LogP contribution in [0.4, 0.5) is 17.6 Å². The maximum absolute atomic E-state index is 13.1. The Hall–Kier alpha value is -1.10. The second-order valence-electron chi connectivity index (χ2n) is 3.72. The quantitative estimate of drug-likeness (QED) is 0.779. The summed E-state index contributed by atoms with van der Waals surface area (Å²) in [6.45, 7) is 1.13. The normalized spacial score (nSPS) is 15.4. The van der Waals surface area contributed by atoms with Gasteiger partial charge in [-0.2, -0.15) is 0 Å². The van der Waals surface area contributed by atoms with Crippen LogP contribution in [-0.4, -0.2) is 12.0 Å². The van der Waals surface area contributed by atoms with Gasteiger partial charge in [-0.05, 0) is 25.0 Å². The Morgan fingerprint density at radius 3 is 2.40 bits per heavy atom. The zero-order chi connectivity index (χ0) is 11.6. The van der Waals surface area contributed by atoms with Crippen LogP contribution in [0.25, 0.3) is 0 Å². The van der Waals surface area contributed by atoms with E-state index in [0.29, 0.717) is 6.07 Å². The van der Waals surface area contributed by atoms with Crippen LogP contribution in [-0.2, 0) is 6.42 Å². The minimum absolute atomic E-state index is 0.0123. The fourth-order valence-corrected chi connectivity index (χ4v) is 1.15. The van der Waals surface area contributed by atoms with E-state index in [-0.39, 0.29) is 12.0 Å². The lowest BCUT2D eigenvalue weighted by Gasteiger charge is -2.23. The minimum atomic E-state index is -2.76. The van der Waals surface area contributed by atoms with Gasteiger partial charge in [-0.1, -0.05) is 6.07 Å². The molecule has 0 heterocycles. The molecule has 1 aromatic rings. The molecule has 2 N–H and O–H groups in total. The van der Waals surface area contributed by atoms with Gasteiger partial charge in [-0.3, -0.25) is 0 Å². The number of halogens is 4. The molecule has 1 unspecified atom stereocenters. The molecule has 84 valence electrons. The summed E-state index contributed by atoms with van der Waals surface area (Å²) in [5.41, 5.74) is 3.47. The van der Waals surface area contributed by atoms with Crippen molar-refractivity contribution in [1.29, 1.82) is 0 Å². The van der Waals surface area contributed by atoms with E-state index in [1.165, 1.54) is 0 Å². The molecule has 15 heavy (non-hydrogen) atoms. The van der Waals surface area contributed by atoms with Gasteiger partial charge in [0.1, 0.15) is 11.6 Å². The topological polar surface area (TPSA) is 26.0 Å². The van der Waals surface area contributed by atoms with Crippen molar-refractivity contribution in [2.75, 3.05) is 0 Å². The summed E-state index contributed by atoms with van der Waals surface area (Å²) in [6.07, 6.45) is -3.10. The van der Waals surface area contributed by atoms with Gasteiger partial charge >= 0.3 is 0 Å². The number of hydrogen-bond donors (Lipinski definition) is 1. The van der Waals surface area contributed by atoms with E-state index in [9.17, 15) is 17.6 Å². The van der Waals surface area contributed by atoms with Crippen LogP contribution in [0.5, 0.6) is 0 Å². The summed E-state index contributed by atoms with van der Waals surface area (Å²) in [6, 6.07) is 2.79. The smallest absolute Gasteiger partial charge is 0.256 e. The monoisotopic (exact) mass is 221 g/mol.